The third-order valence-electron chi connectivity index (χ3n) is 3.52. The van der Waals surface area contributed by atoms with Crippen molar-refractivity contribution in [3.63, 3.8) is 0 Å². The molecule has 1 N–H and O–H groups in total. The highest BCUT2D eigenvalue weighted by molar-refractivity contribution is 6.30. The van der Waals surface area contributed by atoms with Gasteiger partial charge in [-0.1, -0.05) is 54.1 Å². The largest absolute Gasteiger partial charge is 0.334 e. The fraction of sp³-hybridized carbons (Fsp3) is 0.235. The number of carbonyl (C=O) groups is 1. The molecule has 2 aromatic carbocycles. The summed E-state index contributed by atoms with van der Waals surface area (Å²) >= 11 is 5.93. The van der Waals surface area contributed by atoms with Crippen LogP contribution in [0.25, 0.3) is 0 Å². The summed E-state index contributed by atoms with van der Waals surface area (Å²) in [4.78, 5) is 13.9. The molecule has 2 aromatic rings. The average Bonchev–Trinajstić information content (AvgIpc) is 2.52. The van der Waals surface area contributed by atoms with Crippen LogP contribution >= 0.6 is 11.6 Å². The van der Waals surface area contributed by atoms with Crippen molar-refractivity contribution in [3.8, 4) is 0 Å². The lowest BCUT2D eigenvalue weighted by atomic mass is 10.1. The molecular formula is C17H19ClN2O. The van der Waals surface area contributed by atoms with Gasteiger partial charge in [0.1, 0.15) is 0 Å². The molecule has 1 atom stereocenters. The van der Waals surface area contributed by atoms with Crippen LogP contribution in [0.15, 0.2) is 54.6 Å². The van der Waals surface area contributed by atoms with E-state index in [0.29, 0.717) is 11.6 Å². The molecule has 0 heterocycles. The fourth-order valence-electron chi connectivity index (χ4n) is 2.08. The summed E-state index contributed by atoms with van der Waals surface area (Å²) in [5.74, 6) is 0. The summed E-state index contributed by atoms with van der Waals surface area (Å²) in [6, 6.07) is 17.3. The van der Waals surface area contributed by atoms with Crippen LogP contribution in [0, 0.1) is 0 Å². The number of benzene rings is 2. The zero-order valence-electron chi connectivity index (χ0n) is 12.2. The van der Waals surface area contributed by atoms with E-state index in [1.54, 1.807) is 11.9 Å². The van der Waals surface area contributed by atoms with Gasteiger partial charge < -0.3 is 10.2 Å². The van der Waals surface area contributed by atoms with Gasteiger partial charge in [-0.2, -0.15) is 0 Å². The van der Waals surface area contributed by atoms with Gasteiger partial charge in [0.2, 0.25) is 0 Å². The smallest absolute Gasteiger partial charge is 0.317 e. The van der Waals surface area contributed by atoms with Crippen molar-refractivity contribution >= 4 is 17.6 Å². The highest BCUT2D eigenvalue weighted by Gasteiger charge is 2.16. The predicted octanol–water partition coefficient (Wildman–Crippen LogP) is 4.24. The Kier molecular flexibility index (Phi) is 5.23. The van der Waals surface area contributed by atoms with Crippen molar-refractivity contribution in [2.24, 2.45) is 0 Å². The van der Waals surface area contributed by atoms with E-state index in [-0.39, 0.29) is 12.1 Å². The number of halogens is 1. The Bertz CT molecular complexity index is 601. The second-order valence-corrected chi connectivity index (χ2v) is 5.42. The number of rotatable bonds is 4. The first-order valence-electron chi connectivity index (χ1n) is 6.88. The van der Waals surface area contributed by atoms with Crippen LogP contribution in [-0.2, 0) is 6.54 Å². The Morgan fingerprint density at radius 3 is 2.57 bits per heavy atom. The van der Waals surface area contributed by atoms with Crippen molar-refractivity contribution in [1.82, 2.24) is 10.2 Å². The van der Waals surface area contributed by atoms with Gasteiger partial charge in [0.05, 0.1) is 6.04 Å². The number of amides is 2. The van der Waals surface area contributed by atoms with Crippen LogP contribution in [0.5, 0.6) is 0 Å². The van der Waals surface area contributed by atoms with E-state index in [1.807, 2.05) is 61.5 Å². The normalized spacial score (nSPS) is 11.8. The second kappa shape index (κ2) is 7.14. The molecule has 0 aliphatic heterocycles. The maximum absolute atomic E-state index is 12.2. The zero-order valence-corrected chi connectivity index (χ0v) is 13.0. The van der Waals surface area contributed by atoms with Gasteiger partial charge in [-0.15, -0.1) is 0 Å². The van der Waals surface area contributed by atoms with Crippen molar-refractivity contribution in [2.75, 3.05) is 7.05 Å². The van der Waals surface area contributed by atoms with Crippen molar-refractivity contribution in [1.29, 1.82) is 0 Å². The minimum absolute atomic E-state index is 0.0190. The molecule has 4 heteroatoms. The van der Waals surface area contributed by atoms with Crippen molar-refractivity contribution in [3.05, 3.63) is 70.7 Å². The third-order valence-corrected chi connectivity index (χ3v) is 3.75. The van der Waals surface area contributed by atoms with E-state index in [2.05, 4.69) is 5.32 Å². The first-order chi connectivity index (χ1) is 10.1. The van der Waals surface area contributed by atoms with E-state index in [0.717, 1.165) is 11.1 Å². The molecule has 21 heavy (non-hydrogen) atoms. The summed E-state index contributed by atoms with van der Waals surface area (Å²) in [5, 5.41) is 3.58. The lowest BCUT2D eigenvalue weighted by Crippen LogP contribution is -2.38. The van der Waals surface area contributed by atoms with Gasteiger partial charge in [0.25, 0.3) is 0 Å². The standard InChI is InChI=1S/C17H19ClN2O/c1-13(15-8-4-3-5-9-15)20(2)17(21)19-12-14-7-6-10-16(18)11-14/h3-11,13H,12H2,1-2H3,(H,19,21)/t13-/m1/s1. The lowest BCUT2D eigenvalue weighted by molar-refractivity contribution is 0.194. The Morgan fingerprint density at radius 2 is 1.90 bits per heavy atom. The lowest BCUT2D eigenvalue weighted by Gasteiger charge is -2.25. The Hall–Kier alpha value is -2.00. The van der Waals surface area contributed by atoms with E-state index in [4.69, 9.17) is 11.6 Å². The molecule has 0 aromatic heterocycles. The number of nitrogens with zero attached hydrogens (tertiary/aromatic N) is 1. The van der Waals surface area contributed by atoms with E-state index >= 15 is 0 Å². The van der Waals surface area contributed by atoms with Gasteiger partial charge in [0, 0.05) is 18.6 Å². The molecule has 0 bridgehead atoms. The van der Waals surface area contributed by atoms with Crippen LogP contribution in [0.1, 0.15) is 24.1 Å². The Labute approximate surface area is 130 Å². The predicted molar refractivity (Wildman–Crippen MR) is 86.3 cm³/mol. The van der Waals surface area contributed by atoms with Crippen LogP contribution in [0.2, 0.25) is 5.02 Å². The van der Waals surface area contributed by atoms with E-state index in [9.17, 15) is 4.79 Å². The second-order valence-electron chi connectivity index (χ2n) is 4.99. The van der Waals surface area contributed by atoms with Gasteiger partial charge in [-0.3, -0.25) is 0 Å². The Balaban J connectivity index is 1.94. The summed E-state index contributed by atoms with van der Waals surface area (Å²) < 4.78 is 0. The minimum atomic E-state index is -0.105. The number of nitrogens with one attached hydrogen (secondary N) is 1. The molecule has 0 aliphatic rings. The first-order valence-corrected chi connectivity index (χ1v) is 7.26. The first kappa shape index (κ1) is 15.4. The number of hydrogen-bond donors (Lipinski definition) is 1. The molecule has 110 valence electrons. The average molecular weight is 303 g/mol. The summed E-state index contributed by atoms with van der Waals surface area (Å²) in [7, 11) is 1.80. The highest BCUT2D eigenvalue weighted by Crippen LogP contribution is 2.18. The quantitative estimate of drug-likeness (QED) is 0.900. The maximum Gasteiger partial charge on any atom is 0.317 e. The van der Waals surface area contributed by atoms with Crippen molar-refractivity contribution in [2.45, 2.75) is 19.5 Å². The van der Waals surface area contributed by atoms with Gasteiger partial charge >= 0.3 is 6.03 Å². The minimum Gasteiger partial charge on any atom is -0.334 e. The summed E-state index contributed by atoms with van der Waals surface area (Å²) in [6.07, 6.45) is 0. The topological polar surface area (TPSA) is 32.3 Å². The monoisotopic (exact) mass is 302 g/mol. The fourth-order valence-corrected chi connectivity index (χ4v) is 2.29. The maximum atomic E-state index is 12.2. The van der Waals surface area contributed by atoms with Crippen LogP contribution in [0.3, 0.4) is 0 Å². The van der Waals surface area contributed by atoms with Gasteiger partial charge in [-0.25, -0.2) is 4.79 Å². The molecule has 0 saturated carbocycles. The molecule has 3 nitrogen and oxygen atoms in total. The van der Waals surface area contributed by atoms with Crippen molar-refractivity contribution < 1.29 is 4.79 Å². The van der Waals surface area contributed by atoms with Crippen LogP contribution in [-0.4, -0.2) is 18.0 Å². The highest BCUT2D eigenvalue weighted by atomic mass is 35.5. The Morgan fingerprint density at radius 1 is 1.19 bits per heavy atom. The zero-order chi connectivity index (χ0) is 15.2. The number of carbonyl (C=O) groups excluding carboxylic acids is 1. The van der Waals surface area contributed by atoms with Crippen LogP contribution in [0.4, 0.5) is 4.79 Å². The summed E-state index contributed by atoms with van der Waals surface area (Å²) in [6.45, 7) is 2.47. The number of hydrogen-bond acceptors (Lipinski definition) is 1. The molecule has 0 aliphatic carbocycles. The van der Waals surface area contributed by atoms with E-state index in [1.165, 1.54) is 0 Å². The third kappa shape index (κ3) is 4.23. The SMILES string of the molecule is C[C@H](c1ccccc1)N(C)C(=O)NCc1cccc(Cl)c1. The summed E-state index contributed by atoms with van der Waals surface area (Å²) in [5.41, 5.74) is 2.09. The van der Waals surface area contributed by atoms with Crippen LogP contribution < -0.4 is 5.32 Å². The molecule has 0 fully saturated rings. The number of urea groups is 1. The molecule has 0 radical (unpaired) electrons. The molecule has 2 rings (SSSR count). The molecular weight excluding hydrogens is 284 g/mol. The van der Waals surface area contributed by atoms with Gasteiger partial charge in [-0.05, 0) is 30.2 Å². The molecule has 0 saturated heterocycles. The molecule has 0 unspecified atom stereocenters. The molecule has 0 spiro atoms. The van der Waals surface area contributed by atoms with Gasteiger partial charge in [0.15, 0.2) is 0 Å². The molecule has 2 amide bonds. The van der Waals surface area contributed by atoms with E-state index < -0.39 is 0 Å².